The van der Waals surface area contributed by atoms with Crippen molar-refractivity contribution in [3.05, 3.63) is 71.8 Å². The minimum atomic E-state index is -0.608. The molecule has 1 aromatic heterocycles. The van der Waals surface area contributed by atoms with Crippen molar-refractivity contribution >= 4 is 13.9 Å². The zero-order chi connectivity index (χ0) is 21.0. The third kappa shape index (κ3) is 5.06. The summed E-state index contributed by atoms with van der Waals surface area (Å²) in [5.74, 6) is 7.35. The van der Waals surface area contributed by atoms with E-state index in [4.69, 9.17) is 0 Å². The Morgan fingerprint density at radius 3 is 2.59 bits per heavy atom. The first kappa shape index (κ1) is 21.5. The first-order valence-electron chi connectivity index (χ1n) is 9.96. The van der Waals surface area contributed by atoms with Crippen LogP contribution < -0.4 is 5.32 Å². The van der Waals surface area contributed by atoms with Crippen LogP contribution in [0.4, 0.5) is 0 Å². The lowest BCUT2D eigenvalue weighted by molar-refractivity contribution is 0.182. The van der Waals surface area contributed by atoms with Crippen molar-refractivity contribution in [1.82, 2.24) is 14.9 Å². The van der Waals surface area contributed by atoms with Gasteiger partial charge >= 0.3 is 0 Å². The molecule has 0 bridgehead atoms. The fraction of sp³-hybridized carbons (Fsp3) is 0.375. The lowest BCUT2D eigenvalue weighted by atomic mass is 9.85. The molecule has 2 unspecified atom stereocenters. The number of hydrogen-bond donors (Lipinski definition) is 2. The van der Waals surface area contributed by atoms with Crippen molar-refractivity contribution < 1.29 is 5.11 Å². The molecule has 2 aromatic rings. The molecule has 0 amide bonds. The number of aliphatic hydroxyl groups excluding tert-OH is 1. The minimum Gasteiger partial charge on any atom is -0.385 e. The molecule has 3 rings (SSSR count). The Balaban J connectivity index is 1.76. The number of hydrogen-bond acceptors (Lipinski definition) is 3. The Morgan fingerprint density at radius 1 is 1.34 bits per heavy atom. The van der Waals surface area contributed by atoms with Gasteiger partial charge in [-0.25, -0.2) is 4.98 Å². The fourth-order valence-electron chi connectivity index (χ4n) is 3.30. The average Bonchev–Trinajstić information content (AvgIpc) is 3.19. The smallest absolute Gasteiger partial charge is 0.137 e. The molecule has 2 heterocycles. The second-order valence-corrected chi connectivity index (χ2v) is 8.96. The molecule has 1 aliphatic heterocycles. The first-order chi connectivity index (χ1) is 13.8. The summed E-state index contributed by atoms with van der Waals surface area (Å²) < 4.78 is 1.98. The minimum absolute atomic E-state index is 0.0235. The molecule has 0 saturated carbocycles. The maximum absolute atomic E-state index is 9.93. The van der Waals surface area contributed by atoms with Gasteiger partial charge in [0.05, 0.1) is 11.5 Å². The maximum atomic E-state index is 9.93. The van der Waals surface area contributed by atoms with Gasteiger partial charge in [-0.1, -0.05) is 39.1 Å². The molecule has 1 aromatic carbocycles. The van der Waals surface area contributed by atoms with E-state index in [9.17, 15) is 5.11 Å². The van der Waals surface area contributed by atoms with Crippen molar-refractivity contribution in [3.8, 4) is 11.8 Å². The Hall–Kier alpha value is -2.18. The predicted octanol–water partition coefficient (Wildman–Crippen LogP) is 4.36. The number of aliphatic hydroxyl groups is 1. The van der Waals surface area contributed by atoms with Gasteiger partial charge in [-0.2, -0.15) is 0 Å². The summed E-state index contributed by atoms with van der Waals surface area (Å²) in [6, 6.07) is 8.50. The monoisotopic (exact) mass is 407 g/mol. The molecular formula is C24H30N3OP. The second-order valence-electron chi connectivity index (χ2n) is 7.92. The Morgan fingerprint density at radius 2 is 2.03 bits per heavy atom. The van der Waals surface area contributed by atoms with Crippen LogP contribution in [0.25, 0.3) is 5.31 Å². The zero-order valence-corrected chi connectivity index (χ0v) is 18.7. The maximum Gasteiger partial charge on any atom is 0.137 e. The highest BCUT2D eigenvalue weighted by atomic mass is 31.1. The van der Waals surface area contributed by atoms with Gasteiger partial charge in [0.2, 0.25) is 0 Å². The van der Waals surface area contributed by atoms with Gasteiger partial charge in [0.25, 0.3) is 0 Å². The highest BCUT2D eigenvalue weighted by molar-refractivity contribution is 7.49. The summed E-state index contributed by atoms with van der Waals surface area (Å²) in [5, 5.41) is 14.5. The Labute approximate surface area is 175 Å². The van der Waals surface area contributed by atoms with Gasteiger partial charge in [-0.05, 0) is 62.1 Å². The molecule has 1 aliphatic rings. The summed E-state index contributed by atoms with van der Waals surface area (Å²) in [6.45, 7) is 14.4. The number of rotatable bonds is 6. The van der Waals surface area contributed by atoms with Gasteiger partial charge in [0.1, 0.15) is 11.9 Å². The Kier molecular flexibility index (Phi) is 6.75. The van der Waals surface area contributed by atoms with Gasteiger partial charge < -0.3 is 15.0 Å². The molecule has 1 saturated heterocycles. The van der Waals surface area contributed by atoms with Crippen LogP contribution >= 0.6 is 8.58 Å². The lowest BCUT2D eigenvalue weighted by Crippen LogP contribution is -2.50. The third-order valence-electron chi connectivity index (χ3n) is 5.36. The summed E-state index contributed by atoms with van der Waals surface area (Å²) in [5.41, 5.74) is 3.35. The van der Waals surface area contributed by atoms with E-state index in [-0.39, 0.29) is 11.5 Å². The summed E-state index contributed by atoms with van der Waals surface area (Å²) >= 11 is 0. The molecule has 0 radical (unpaired) electrons. The third-order valence-corrected chi connectivity index (χ3v) is 6.33. The van der Waals surface area contributed by atoms with Crippen molar-refractivity contribution in [2.45, 2.75) is 32.9 Å². The predicted molar refractivity (Wildman–Crippen MR) is 123 cm³/mol. The van der Waals surface area contributed by atoms with Crippen LogP contribution in [-0.4, -0.2) is 34.4 Å². The normalized spacial score (nSPS) is 18.0. The molecule has 5 heteroatoms. The number of imidazole rings is 1. The number of nitrogens with zero attached hydrogens (tertiary/aromatic N) is 2. The van der Waals surface area contributed by atoms with E-state index in [2.05, 4.69) is 79.6 Å². The van der Waals surface area contributed by atoms with Crippen LogP contribution in [0.1, 0.15) is 49.9 Å². The fourth-order valence-corrected chi connectivity index (χ4v) is 4.09. The summed E-state index contributed by atoms with van der Waals surface area (Å²) in [4.78, 5) is 4.27. The van der Waals surface area contributed by atoms with E-state index in [0.717, 1.165) is 24.2 Å². The molecule has 0 aliphatic carbocycles. The van der Waals surface area contributed by atoms with Crippen molar-refractivity contribution in [2.24, 2.45) is 5.41 Å². The van der Waals surface area contributed by atoms with Crippen LogP contribution in [0.5, 0.6) is 0 Å². The molecule has 1 fully saturated rings. The van der Waals surface area contributed by atoms with Crippen LogP contribution in [0.15, 0.2) is 54.9 Å². The molecule has 4 nitrogen and oxygen atoms in total. The second kappa shape index (κ2) is 9.09. The van der Waals surface area contributed by atoms with Crippen LogP contribution in [0.2, 0.25) is 0 Å². The van der Waals surface area contributed by atoms with E-state index in [1.54, 1.807) is 13.1 Å². The van der Waals surface area contributed by atoms with Gasteiger partial charge in [-0.15, -0.1) is 0 Å². The lowest BCUT2D eigenvalue weighted by Gasteiger charge is -2.34. The standard InChI is InChI=1S/C24H30N3OP/c1-17(18(2)27-13-12-26-23(27)19(3)28)14-22(29-5)21-8-6-20(7-9-21)10-11-24(4)15-25-16-24/h6-9,12-14,18-19,25,28-29H,1,15-16H2,2-5H3/b22-14-/t18?,19-/m0/s1. The van der Waals surface area contributed by atoms with Gasteiger partial charge in [0.15, 0.2) is 0 Å². The highest BCUT2D eigenvalue weighted by Gasteiger charge is 2.28. The quantitative estimate of drug-likeness (QED) is 0.425. The SMILES string of the molecule is C=C(/C=C(\PC)c1ccc(C#CC2(C)CNC2)cc1)C(C)n1ccnc1[C@H](C)O. The van der Waals surface area contributed by atoms with E-state index in [1.165, 1.54) is 10.9 Å². The van der Waals surface area contributed by atoms with Crippen LogP contribution in [0, 0.1) is 17.3 Å². The van der Waals surface area contributed by atoms with Crippen molar-refractivity contribution in [1.29, 1.82) is 0 Å². The molecule has 152 valence electrons. The number of aromatic nitrogens is 2. The van der Waals surface area contributed by atoms with Gasteiger partial charge in [0, 0.05) is 31.0 Å². The van der Waals surface area contributed by atoms with E-state index in [0.29, 0.717) is 14.4 Å². The summed E-state index contributed by atoms with van der Waals surface area (Å²) in [6.07, 6.45) is 5.17. The molecule has 3 atom stereocenters. The summed E-state index contributed by atoms with van der Waals surface area (Å²) in [7, 11) is 0.649. The topological polar surface area (TPSA) is 50.1 Å². The van der Waals surface area contributed by atoms with E-state index in [1.807, 2.05) is 10.8 Å². The molecule has 2 N–H and O–H groups in total. The first-order valence-corrected chi connectivity index (χ1v) is 11.5. The van der Waals surface area contributed by atoms with E-state index < -0.39 is 6.10 Å². The molecular weight excluding hydrogens is 377 g/mol. The van der Waals surface area contributed by atoms with E-state index >= 15 is 0 Å². The molecule has 29 heavy (non-hydrogen) atoms. The number of benzene rings is 1. The highest BCUT2D eigenvalue weighted by Crippen LogP contribution is 2.34. The zero-order valence-electron chi connectivity index (χ0n) is 17.7. The average molecular weight is 407 g/mol. The van der Waals surface area contributed by atoms with Crippen LogP contribution in [0.3, 0.4) is 0 Å². The largest absolute Gasteiger partial charge is 0.385 e. The Bertz CT molecular complexity index is 956. The van der Waals surface area contributed by atoms with Gasteiger partial charge in [-0.3, -0.25) is 0 Å². The van der Waals surface area contributed by atoms with Crippen molar-refractivity contribution in [2.75, 3.05) is 19.8 Å². The number of nitrogens with one attached hydrogen (secondary N) is 1. The van der Waals surface area contributed by atoms with Crippen LogP contribution in [-0.2, 0) is 0 Å². The molecule has 0 spiro atoms. The number of allylic oxidation sites excluding steroid dienone is 2. The van der Waals surface area contributed by atoms with Crippen molar-refractivity contribution in [3.63, 3.8) is 0 Å².